The van der Waals surface area contributed by atoms with Gasteiger partial charge in [0.2, 0.25) is 5.91 Å². The minimum absolute atomic E-state index is 0.220. The van der Waals surface area contributed by atoms with Crippen LogP contribution in [0.4, 0.5) is 0 Å². The van der Waals surface area contributed by atoms with E-state index in [0.29, 0.717) is 5.75 Å². The molecule has 16 heavy (non-hydrogen) atoms. The third-order valence-corrected chi connectivity index (χ3v) is 4.59. The molecule has 0 unspecified atom stereocenters. The highest BCUT2D eigenvalue weighted by atomic mass is 35.5. The van der Waals surface area contributed by atoms with Crippen LogP contribution < -0.4 is 0 Å². The first-order valence-electron chi connectivity index (χ1n) is 5.27. The zero-order valence-electron chi connectivity index (χ0n) is 9.53. The standard InChI is InChI=1S/C11H16ClNOS2/c1-3-13(4-2)11(14)8-15-7-9-5-6-10(12)16-9/h5-6H,3-4,7-8H2,1-2H3. The fourth-order valence-electron chi connectivity index (χ4n) is 1.34. The highest BCUT2D eigenvalue weighted by Crippen LogP contribution is 2.25. The van der Waals surface area contributed by atoms with Crippen LogP contribution in [-0.4, -0.2) is 29.6 Å². The summed E-state index contributed by atoms with van der Waals surface area (Å²) in [6.45, 7) is 5.59. The molecule has 1 heterocycles. The Morgan fingerprint density at radius 1 is 1.44 bits per heavy atom. The molecule has 1 amide bonds. The number of halogens is 1. The van der Waals surface area contributed by atoms with Gasteiger partial charge in [0.05, 0.1) is 10.1 Å². The van der Waals surface area contributed by atoms with Crippen molar-refractivity contribution in [2.24, 2.45) is 0 Å². The minimum atomic E-state index is 0.220. The third kappa shape index (κ3) is 4.36. The highest BCUT2D eigenvalue weighted by Gasteiger charge is 2.09. The summed E-state index contributed by atoms with van der Waals surface area (Å²) in [6.07, 6.45) is 0. The first-order valence-corrected chi connectivity index (χ1v) is 7.62. The van der Waals surface area contributed by atoms with Crippen molar-refractivity contribution in [3.8, 4) is 0 Å². The van der Waals surface area contributed by atoms with Gasteiger partial charge in [-0.05, 0) is 26.0 Å². The number of nitrogens with zero attached hydrogens (tertiary/aromatic N) is 1. The number of rotatable bonds is 6. The van der Waals surface area contributed by atoms with Crippen LogP contribution in [0.5, 0.6) is 0 Å². The average molecular weight is 278 g/mol. The molecule has 0 spiro atoms. The normalized spacial score (nSPS) is 10.4. The van der Waals surface area contributed by atoms with Crippen LogP contribution in [0.1, 0.15) is 18.7 Å². The van der Waals surface area contributed by atoms with Crippen LogP contribution in [0, 0.1) is 0 Å². The van der Waals surface area contributed by atoms with E-state index in [-0.39, 0.29) is 5.91 Å². The van der Waals surface area contributed by atoms with Crippen molar-refractivity contribution >= 4 is 40.6 Å². The van der Waals surface area contributed by atoms with Crippen LogP contribution >= 0.6 is 34.7 Å². The molecule has 0 saturated carbocycles. The van der Waals surface area contributed by atoms with Crippen molar-refractivity contribution in [3.05, 3.63) is 21.3 Å². The van der Waals surface area contributed by atoms with E-state index in [4.69, 9.17) is 11.6 Å². The smallest absolute Gasteiger partial charge is 0.232 e. The van der Waals surface area contributed by atoms with Gasteiger partial charge in [0.1, 0.15) is 0 Å². The molecule has 0 aliphatic carbocycles. The maximum Gasteiger partial charge on any atom is 0.232 e. The molecule has 0 fully saturated rings. The van der Waals surface area contributed by atoms with Gasteiger partial charge in [-0.1, -0.05) is 11.6 Å². The molecule has 0 bridgehead atoms. The van der Waals surface area contributed by atoms with Gasteiger partial charge >= 0.3 is 0 Å². The van der Waals surface area contributed by atoms with Gasteiger partial charge in [-0.25, -0.2) is 0 Å². The number of carbonyl (C=O) groups excluding carboxylic acids is 1. The first-order chi connectivity index (χ1) is 7.67. The van der Waals surface area contributed by atoms with Gasteiger partial charge in [-0.3, -0.25) is 4.79 Å². The van der Waals surface area contributed by atoms with Crippen LogP contribution in [0.25, 0.3) is 0 Å². The summed E-state index contributed by atoms with van der Waals surface area (Å²) >= 11 is 9.06. The summed E-state index contributed by atoms with van der Waals surface area (Å²) in [5, 5.41) is 0. The van der Waals surface area contributed by atoms with Crippen LogP contribution in [0.15, 0.2) is 12.1 Å². The number of hydrogen-bond donors (Lipinski definition) is 0. The van der Waals surface area contributed by atoms with Gasteiger partial charge in [0, 0.05) is 23.7 Å². The maximum atomic E-state index is 11.7. The van der Waals surface area contributed by atoms with Gasteiger partial charge in [-0.15, -0.1) is 23.1 Å². The zero-order chi connectivity index (χ0) is 12.0. The Balaban J connectivity index is 2.27. The van der Waals surface area contributed by atoms with E-state index in [1.807, 2.05) is 30.9 Å². The average Bonchev–Trinajstić information content (AvgIpc) is 2.66. The lowest BCUT2D eigenvalue weighted by molar-refractivity contribution is -0.127. The minimum Gasteiger partial charge on any atom is -0.343 e. The molecule has 0 radical (unpaired) electrons. The molecule has 0 aliphatic rings. The second kappa shape index (κ2) is 7.20. The molecule has 0 atom stereocenters. The topological polar surface area (TPSA) is 20.3 Å². The molecular formula is C11H16ClNOS2. The predicted molar refractivity (Wildman–Crippen MR) is 73.4 cm³/mol. The quantitative estimate of drug-likeness (QED) is 0.793. The summed E-state index contributed by atoms with van der Waals surface area (Å²) in [5.74, 6) is 1.64. The maximum absolute atomic E-state index is 11.7. The van der Waals surface area contributed by atoms with E-state index in [0.717, 1.165) is 23.2 Å². The van der Waals surface area contributed by atoms with Gasteiger partial charge in [0.25, 0.3) is 0 Å². The van der Waals surface area contributed by atoms with E-state index >= 15 is 0 Å². The number of amides is 1. The largest absolute Gasteiger partial charge is 0.343 e. The monoisotopic (exact) mass is 277 g/mol. The molecule has 0 N–H and O–H groups in total. The zero-order valence-corrected chi connectivity index (χ0v) is 11.9. The van der Waals surface area contributed by atoms with Gasteiger partial charge < -0.3 is 4.90 Å². The van der Waals surface area contributed by atoms with Crippen molar-refractivity contribution < 1.29 is 4.79 Å². The van der Waals surface area contributed by atoms with E-state index < -0.39 is 0 Å². The van der Waals surface area contributed by atoms with Crippen molar-refractivity contribution in [2.75, 3.05) is 18.8 Å². The van der Waals surface area contributed by atoms with Crippen molar-refractivity contribution in [3.63, 3.8) is 0 Å². The number of thioether (sulfide) groups is 1. The number of thiophene rings is 1. The summed E-state index contributed by atoms with van der Waals surface area (Å²) < 4.78 is 0.811. The lowest BCUT2D eigenvalue weighted by Crippen LogP contribution is -2.31. The second-order valence-corrected chi connectivity index (χ2v) is 6.05. The summed E-state index contributed by atoms with van der Waals surface area (Å²) in [6, 6.07) is 3.91. The fraction of sp³-hybridized carbons (Fsp3) is 0.545. The lowest BCUT2D eigenvalue weighted by atomic mass is 10.5. The highest BCUT2D eigenvalue weighted by molar-refractivity contribution is 7.99. The Morgan fingerprint density at radius 2 is 2.12 bits per heavy atom. The van der Waals surface area contributed by atoms with Crippen molar-refractivity contribution in [2.45, 2.75) is 19.6 Å². The SMILES string of the molecule is CCN(CC)C(=O)CSCc1ccc(Cl)s1. The molecule has 0 saturated heterocycles. The number of carbonyl (C=O) groups is 1. The fourth-order valence-corrected chi connectivity index (χ4v) is 3.46. The Hall–Kier alpha value is -0.190. The predicted octanol–water partition coefficient (Wildman–Crippen LogP) is 3.50. The summed E-state index contributed by atoms with van der Waals surface area (Å²) in [4.78, 5) is 14.8. The molecule has 0 aromatic carbocycles. The van der Waals surface area contributed by atoms with Gasteiger partial charge in [0.15, 0.2) is 0 Å². The molecule has 2 nitrogen and oxygen atoms in total. The molecule has 1 rings (SSSR count). The first kappa shape index (κ1) is 13.9. The van der Waals surface area contributed by atoms with E-state index in [2.05, 4.69) is 0 Å². The van der Waals surface area contributed by atoms with E-state index in [1.54, 1.807) is 23.1 Å². The lowest BCUT2D eigenvalue weighted by Gasteiger charge is -2.17. The molecule has 1 aromatic heterocycles. The van der Waals surface area contributed by atoms with Crippen LogP contribution in [0.2, 0.25) is 4.34 Å². The van der Waals surface area contributed by atoms with Crippen molar-refractivity contribution in [1.29, 1.82) is 0 Å². The third-order valence-electron chi connectivity index (χ3n) is 2.21. The second-order valence-electron chi connectivity index (χ2n) is 3.26. The Labute approximate surface area is 110 Å². The van der Waals surface area contributed by atoms with E-state index in [1.165, 1.54) is 4.88 Å². The summed E-state index contributed by atoms with van der Waals surface area (Å²) in [7, 11) is 0. The number of hydrogen-bond acceptors (Lipinski definition) is 3. The Bertz CT molecular complexity index is 336. The Morgan fingerprint density at radius 3 is 2.62 bits per heavy atom. The van der Waals surface area contributed by atoms with Crippen LogP contribution in [0.3, 0.4) is 0 Å². The van der Waals surface area contributed by atoms with Gasteiger partial charge in [-0.2, -0.15) is 0 Å². The molecule has 90 valence electrons. The van der Waals surface area contributed by atoms with E-state index in [9.17, 15) is 4.79 Å². The molecule has 5 heteroatoms. The molecule has 0 aliphatic heterocycles. The summed E-state index contributed by atoms with van der Waals surface area (Å²) in [5.41, 5.74) is 0. The molecule has 1 aromatic rings. The van der Waals surface area contributed by atoms with Crippen LogP contribution in [-0.2, 0) is 10.5 Å². The molecular weight excluding hydrogens is 262 g/mol. The Kier molecular flexibility index (Phi) is 6.24. The van der Waals surface area contributed by atoms with Crippen molar-refractivity contribution in [1.82, 2.24) is 4.90 Å².